The molecule has 2 N–H and O–H groups in total. The molecule has 0 fully saturated rings. The summed E-state index contributed by atoms with van der Waals surface area (Å²) in [5.74, 6) is 1.11. The van der Waals surface area contributed by atoms with Crippen molar-refractivity contribution in [3.05, 3.63) is 35.4 Å². The van der Waals surface area contributed by atoms with Crippen LogP contribution in [0, 0.1) is 12.3 Å². The molecule has 2 aromatic heterocycles. The van der Waals surface area contributed by atoms with E-state index >= 15 is 0 Å². The number of ether oxygens (including phenoxy) is 1. The van der Waals surface area contributed by atoms with Crippen LogP contribution in [-0.4, -0.2) is 56.0 Å². The first-order valence-corrected chi connectivity index (χ1v) is 11.6. The third-order valence-electron chi connectivity index (χ3n) is 4.85. The van der Waals surface area contributed by atoms with Gasteiger partial charge < -0.3 is 9.64 Å². The van der Waals surface area contributed by atoms with Crippen LogP contribution in [-0.2, 0) is 4.79 Å². The molecule has 3 aromatic rings. The first kappa shape index (κ1) is 22.9. The van der Waals surface area contributed by atoms with Crippen molar-refractivity contribution in [3.8, 4) is 11.4 Å². The van der Waals surface area contributed by atoms with Gasteiger partial charge in [-0.25, -0.2) is 4.98 Å². The fourth-order valence-electron chi connectivity index (χ4n) is 3.44. The zero-order valence-electron chi connectivity index (χ0n) is 18.6. The van der Waals surface area contributed by atoms with E-state index in [2.05, 4.69) is 29.0 Å². The molecule has 0 spiro atoms. The van der Waals surface area contributed by atoms with Crippen LogP contribution >= 0.6 is 11.8 Å². The second-order valence-electron chi connectivity index (χ2n) is 7.22. The van der Waals surface area contributed by atoms with E-state index in [4.69, 9.17) is 10.1 Å². The summed E-state index contributed by atoms with van der Waals surface area (Å²) in [4.78, 5) is 19.4. The number of nitrogens with zero attached hydrogens (tertiary/aromatic N) is 4. The SMILES string of the molecule is CCCN(CCC)C(=O)CSc1nc2n[nH]c(C)c2c(=N)n1-c1ccc(OCC)cc1. The predicted octanol–water partition coefficient (Wildman–Crippen LogP) is 3.68. The minimum atomic E-state index is 0.0820. The Kier molecular flexibility index (Phi) is 7.73. The third-order valence-corrected chi connectivity index (χ3v) is 5.78. The number of rotatable bonds is 10. The van der Waals surface area contributed by atoms with E-state index in [0.29, 0.717) is 22.8 Å². The minimum absolute atomic E-state index is 0.0820. The molecule has 9 heteroatoms. The molecule has 0 saturated heterocycles. The molecule has 0 unspecified atom stereocenters. The number of nitrogens with one attached hydrogen (secondary N) is 2. The van der Waals surface area contributed by atoms with Gasteiger partial charge >= 0.3 is 0 Å². The molecular formula is C22H30N6O2S. The van der Waals surface area contributed by atoms with Crippen LogP contribution in [0.3, 0.4) is 0 Å². The third kappa shape index (κ3) is 5.10. The zero-order valence-corrected chi connectivity index (χ0v) is 19.4. The highest BCUT2D eigenvalue weighted by atomic mass is 32.2. The van der Waals surface area contributed by atoms with Crippen molar-refractivity contribution < 1.29 is 9.53 Å². The average molecular weight is 443 g/mol. The molecule has 1 aromatic carbocycles. The van der Waals surface area contributed by atoms with Crippen LogP contribution in [0.4, 0.5) is 0 Å². The maximum atomic E-state index is 12.8. The van der Waals surface area contributed by atoms with Gasteiger partial charge in [0, 0.05) is 24.5 Å². The van der Waals surface area contributed by atoms with Gasteiger partial charge in [0.25, 0.3) is 0 Å². The van der Waals surface area contributed by atoms with Gasteiger partial charge in [0.15, 0.2) is 10.8 Å². The molecule has 1 amide bonds. The van der Waals surface area contributed by atoms with Crippen LogP contribution in [0.5, 0.6) is 5.75 Å². The van der Waals surface area contributed by atoms with Crippen LogP contribution in [0.1, 0.15) is 39.3 Å². The van der Waals surface area contributed by atoms with Gasteiger partial charge in [-0.2, -0.15) is 5.10 Å². The molecule has 0 radical (unpaired) electrons. The lowest BCUT2D eigenvalue weighted by molar-refractivity contribution is -0.128. The summed E-state index contributed by atoms with van der Waals surface area (Å²) in [6.07, 6.45) is 1.85. The van der Waals surface area contributed by atoms with Crippen molar-refractivity contribution in [2.45, 2.75) is 45.7 Å². The van der Waals surface area contributed by atoms with E-state index in [0.717, 1.165) is 43.1 Å². The van der Waals surface area contributed by atoms with Gasteiger partial charge in [-0.3, -0.25) is 19.9 Å². The Hall–Kier alpha value is -2.81. The number of aromatic amines is 1. The molecule has 0 saturated carbocycles. The number of H-pyrrole nitrogens is 1. The summed E-state index contributed by atoms with van der Waals surface area (Å²) in [7, 11) is 0. The molecule has 0 bridgehead atoms. The highest BCUT2D eigenvalue weighted by Crippen LogP contribution is 2.23. The molecule has 0 atom stereocenters. The Balaban J connectivity index is 1.99. The maximum Gasteiger partial charge on any atom is 0.233 e. The van der Waals surface area contributed by atoms with E-state index in [1.54, 1.807) is 4.57 Å². The van der Waals surface area contributed by atoms with E-state index < -0.39 is 0 Å². The number of hydrogen-bond donors (Lipinski definition) is 2. The molecule has 3 rings (SSSR count). The summed E-state index contributed by atoms with van der Waals surface area (Å²) in [6.45, 7) is 10.1. The van der Waals surface area contributed by atoms with Gasteiger partial charge in [0.05, 0.1) is 17.7 Å². The predicted molar refractivity (Wildman–Crippen MR) is 123 cm³/mol. The molecule has 31 heavy (non-hydrogen) atoms. The lowest BCUT2D eigenvalue weighted by atomic mass is 10.2. The van der Waals surface area contributed by atoms with Crippen LogP contribution in [0.2, 0.25) is 0 Å². The summed E-state index contributed by atoms with van der Waals surface area (Å²) in [5, 5.41) is 17.2. The van der Waals surface area contributed by atoms with Gasteiger partial charge in [-0.1, -0.05) is 25.6 Å². The Bertz CT molecular complexity index is 1080. The number of amides is 1. The Morgan fingerprint density at radius 3 is 2.48 bits per heavy atom. The van der Waals surface area contributed by atoms with Gasteiger partial charge in [-0.15, -0.1) is 0 Å². The number of benzene rings is 1. The lowest BCUT2D eigenvalue weighted by Crippen LogP contribution is -2.34. The highest BCUT2D eigenvalue weighted by Gasteiger charge is 2.18. The second kappa shape index (κ2) is 10.5. The van der Waals surface area contributed by atoms with Crippen LogP contribution in [0.25, 0.3) is 16.7 Å². The van der Waals surface area contributed by atoms with Crippen molar-refractivity contribution in [1.82, 2.24) is 24.6 Å². The fraction of sp³-hybridized carbons (Fsp3) is 0.455. The zero-order chi connectivity index (χ0) is 22.4. The minimum Gasteiger partial charge on any atom is -0.494 e. The highest BCUT2D eigenvalue weighted by molar-refractivity contribution is 7.99. The molecule has 0 aliphatic rings. The monoisotopic (exact) mass is 442 g/mol. The van der Waals surface area contributed by atoms with Gasteiger partial charge in [-0.05, 0) is 51.0 Å². The first-order valence-electron chi connectivity index (χ1n) is 10.7. The number of carbonyl (C=O) groups is 1. The molecule has 0 aliphatic heterocycles. The van der Waals surface area contributed by atoms with Gasteiger partial charge in [0.1, 0.15) is 11.2 Å². The van der Waals surface area contributed by atoms with Crippen molar-refractivity contribution in [2.75, 3.05) is 25.4 Å². The summed E-state index contributed by atoms with van der Waals surface area (Å²) < 4.78 is 7.31. The molecule has 8 nitrogen and oxygen atoms in total. The van der Waals surface area contributed by atoms with Crippen molar-refractivity contribution in [2.24, 2.45) is 0 Å². The molecule has 166 valence electrons. The molecule has 2 heterocycles. The van der Waals surface area contributed by atoms with Crippen LogP contribution in [0.15, 0.2) is 29.4 Å². The summed E-state index contributed by atoms with van der Waals surface area (Å²) in [6, 6.07) is 7.56. The number of carbonyl (C=O) groups excluding carboxylic acids is 1. The lowest BCUT2D eigenvalue weighted by Gasteiger charge is -2.21. The summed E-state index contributed by atoms with van der Waals surface area (Å²) >= 11 is 1.34. The fourth-order valence-corrected chi connectivity index (χ4v) is 4.35. The van der Waals surface area contributed by atoms with Crippen molar-refractivity contribution in [3.63, 3.8) is 0 Å². The maximum absolute atomic E-state index is 12.8. The number of aromatic nitrogens is 4. The van der Waals surface area contributed by atoms with E-state index in [1.807, 2.05) is 43.0 Å². The van der Waals surface area contributed by atoms with E-state index in [1.165, 1.54) is 11.8 Å². The quantitative estimate of drug-likeness (QED) is 0.369. The number of hydrogen-bond acceptors (Lipinski definition) is 6. The number of fused-ring (bicyclic) bond motifs is 1. The first-order chi connectivity index (χ1) is 15.0. The van der Waals surface area contributed by atoms with Crippen molar-refractivity contribution >= 4 is 28.7 Å². The Labute approximate surface area is 186 Å². The van der Waals surface area contributed by atoms with E-state index in [-0.39, 0.29) is 17.1 Å². The molecular weight excluding hydrogens is 412 g/mol. The van der Waals surface area contributed by atoms with Crippen molar-refractivity contribution in [1.29, 1.82) is 5.41 Å². The Morgan fingerprint density at radius 2 is 1.87 bits per heavy atom. The molecule has 0 aliphatic carbocycles. The number of thioether (sulfide) groups is 1. The van der Waals surface area contributed by atoms with Crippen LogP contribution < -0.4 is 10.2 Å². The van der Waals surface area contributed by atoms with E-state index in [9.17, 15) is 4.79 Å². The largest absolute Gasteiger partial charge is 0.494 e. The standard InChI is InChI=1S/C22H30N6O2S/c1-5-12-27(13-6-2)18(29)14-31-22-24-21-19(15(4)25-26-21)20(23)28(22)16-8-10-17(11-9-16)30-7-3/h8-11,23H,5-7,12-14H2,1-4H3,(H,25,26). The Morgan fingerprint density at radius 1 is 1.19 bits per heavy atom. The summed E-state index contributed by atoms with van der Waals surface area (Å²) in [5.41, 5.74) is 2.35. The van der Waals surface area contributed by atoms with Gasteiger partial charge in [0.2, 0.25) is 5.91 Å². The smallest absolute Gasteiger partial charge is 0.233 e. The second-order valence-corrected chi connectivity index (χ2v) is 8.16. The number of aryl methyl sites for hydroxylation is 1. The normalized spacial score (nSPS) is 11.1. The topological polar surface area (TPSA) is 99.9 Å². The average Bonchev–Trinajstić information content (AvgIpc) is 3.14.